The van der Waals surface area contributed by atoms with Crippen LogP contribution in [0.4, 0.5) is 0 Å². The molecule has 0 radical (unpaired) electrons. The van der Waals surface area contributed by atoms with Crippen LogP contribution in [0, 0.1) is 6.92 Å². The minimum Gasteiger partial charge on any atom is -0.438 e. The number of thiophene rings is 1. The van der Waals surface area contributed by atoms with Crippen LogP contribution in [0.15, 0.2) is 24.3 Å². The Morgan fingerprint density at radius 3 is 2.74 bits per heavy atom. The van der Waals surface area contributed by atoms with Crippen molar-refractivity contribution in [1.29, 1.82) is 0 Å². The van der Waals surface area contributed by atoms with Crippen molar-refractivity contribution < 1.29 is 9.47 Å². The fourth-order valence-electron chi connectivity index (χ4n) is 3.83. The van der Waals surface area contributed by atoms with E-state index in [4.69, 9.17) is 19.4 Å². The van der Waals surface area contributed by atoms with Gasteiger partial charge < -0.3 is 9.47 Å². The van der Waals surface area contributed by atoms with Gasteiger partial charge in [-0.3, -0.25) is 4.90 Å². The zero-order chi connectivity index (χ0) is 18.2. The van der Waals surface area contributed by atoms with Crippen molar-refractivity contribution in [2.75, 3.05) is 26.3 Å². The number of benzene rings is 1. The summed E-state index contributed by atoms with van der Waals surface area (Å²) in [5.74, 6) is 2.38. The van der Waals surface area contributed by atoms with Crippen LogP contribution < -0.4 is 4.74 Å². The maximum absolute atomic E-state index is 6.27. The molecule has 3 aromatic rings. The first kappa shape index (κ1) is 17.1. The van der Waals surface area contributed by atoms with Crippen LogP contribution in [-0.4, -0.2) is 41.2 Å². The average molecular weight is 382 g/mol. The standard InChI is InChI=1S/C21H23N3O2S/c1-14-5-7-15(8-6-14)26-20-19-16-3-2-4-17(16)27-21(19)23-18(22-20)13-24-9-11-25-12-10-24/h5-8H,2-4,9-13H2,1H3. The second kappa shape index (κ2) is 7.19. The molecule has 0 spiro atoms. The predicted octanol–water partition coefficient (Wildman–Crippen LogP) is 4.11. The van der Waals surface area contributed by atoms with Gasteiger partial charge in [0, 0.05) is 18.0 Å². The molecule has 0 saturated carbocycles. The minimum absolute atomic E-state index is 0.714. The van der Waals surface area contributed by atoms with Gasteiger partial charge in [-0.1, -0.05) is 17.7 Å². The van der Waals surface area contributed by atoms with E-state index in [9.17, 15) is 0 Å². The molecule has 140 valence electrons. The first-order valence-corrected chi connectivity index (χ1v) is 10.4. The third-order valence-corrected chi connectivity index (χ3v) is 6.47. The molecule has 1 saturated heterocycles. The van der Waals surface area contributed by atoms with Crippen molar-refractivity contribution in [2.45, 2.75) is 32.7 Å². The van der Waals surface area contributed by atoms with Gasteiger partial charge in [-0.2, -0.15) is 4.98 Å². The van der Waals surface area contributed by atoms with Crippen LogP contribution in [0.3, 0.4) is 0 Å². The number of rotatable bonds is 4. The lowest BCUT2D eigenvalue weighted by atomic mass is 10.2. The summed E-state index contributed by atoms with van der Waals surface area (Å²) < 4.78 is 11.7. The van der Waals surface area contributed by atoms with E-state index >= 15 is 0 Å². The highest BCUT2D eigenvalue weighted by Gasteiger charge is 2.24. The highest BCUT2D eigenvalue weighted by Crippen LogP contribution is 2.41. The SMILES string of the molecule is Cc1ccc(Oc2nc(CN3CCOCC3)nc3sc4c(c23)CCC4)cc1. The summed E-state index contributed by atoms with van der Waals surface area (Å²) in [6.07, 6.45) is 3.47. The Kier molecular flexibility index (Phi) is 4.55. The molecule has 5 nitrogen and oxygen atoms in total. The van der Waals surface area contributed by atoms with E-state index in [0.29, 0.717) is 5.88 Å². The molecule has 6 heteroatoms. The molecule has 27 heavy (non-hydrogen) atoms. The van der Waals surface area contributed by atoms with Crippen molar-refractivity contribution in [2.24, 2.45) is 0 Å². The molecule has 0 bridgehead atoms. The summed E-state index contributed by atoms with van der Waals surface area (Å²) in [5, 5.41) is 1.12. The molecule has 5 rings (SSSR count). The zero-order valence-electron chi connectivity index (χ0n) is 15.5. The molecule has 0 amide bonds. The van der Waals surface area contributed by atoms with Gasteiger partial charge >= 0.3 is 0 Å². The summed E-state index contributed by atoms with van der Waals surface area (Å²) in [7, 11) is 0. The van der Waals surface area contributed by atoms with E-state index in [-0.39, 0.29) is 0 Å². The van der Waals surface area contributed by atoms with Crippen LogP contribution in [0.5, 0.6) is 11.6 Å². The maximum atomic E-state index is 6.27. The van der Waals surface area contributed by atoms with Crippen molar-refractivity contribution in [3.05, 3.63) is 46.1 Å². The molecular weight excluding hydrogens is 358 g/mol. The van der Waals surface area contributed by atoms with Gasteiger partial charge in [0.1, 0.15) is 16.4 Å². The molecule has 0 unspecified atom stereocenters. The first-order chi connectivity index (χ1) is 13.3. The van der Waals surface area contributed by atoms with Gasteiger partial charge in [0.2, 0.25) is 5.88 Å². The predicted molar refractivity (Wildman–Crippen MR) is 107 cm³/mol. The van der Waals surface area contributed by atoms with Gasteiger partial charge in [0.15, 0.2) is 0 Å². The number of aryl methyl sites for hydroxylation is 3. The zero-order valence-corrected chi connectivity index (χ0v) is 16.3. The van der Waals surface area contributed by atoms with Gasteiger partial charge in [-0.15, -0.1) is 11.3 Å². The fraction of sp³-hybridized carbons (Fsp3) is 0.429. The van der Waals surface area contributed by atoms with Gasteiger partial charge in [-0.25, -0.2) is 4.98 Å². The number of ether oxygens (including phenoxy) is 2. The highest BCUT2D eigenvalue weighted by atomic mass is 32.1. The lowest BCUT2D eigenvalue weighted by Gasteiger charge is -2.25. The Labute approximate surface area is 163 Å². The summed E-state index contributed by atoms with van der Waals surface area (Å²) in [4.78, 5) is 14.6. The Bertz CT molecular complexity index is 962. The summed E-state index contributed by atoms with van der Waals surface area (Å²) in [5.41, 5.74) is 2.62. The number of fused-ring (bicyclic) bond motifs is 3. The molecule has 3 heterocycles. The Morgan fingerprint density at radius 1 is 1.11 bits per heavy atom. The molecule has 1 aliphatic heterocycles. The summed E-state index contributed by atoms with van der Waals surface area (Å²) in [6.45, 7) is 6.24. The topological polar surface area (TPSA) is 47.5 Å². The summed E-state index contributed by atoms with van der Waals surface area (Å²) >= 11 is 1.82. The van der Waals surface area contributed by atoms with Crippen LogP contribution in [-0.2, 0) is 24.1 Å². The van der Waals surface area contributed by atoms with Gasteiger partial charge in [0.25, 0.3) is 0 Å². The molecule has 1 aliphatic carbocycles. The maximum Gasteiger partial charge on any atom is 0.231 e. The number of hydrogen-bond donors (Lipinski definition) is 0. The van der Waals surface area contributed by atoms with Crippen LogP contribution >= 0.6 is 11.3 Å². The Morgan fingerprint density at radius 2 is 1.93 bits per heavy atom. The third kappa shape index (κ3) is 3.45. The monoisotopic (exact) mass is 381 g/mol. The van der Waals surface area contributed by atoms with E-state index in [2.05, 4.69) is 24.0 Å². The first-order valence-electron chi connectivity index (χ1n) is 9.62. The second-order valence-corrected chi connectivity index (χ2v) is 8.37. The van der Waals surface area contributed by atoms with E-state index in [1.54, 1.807) is 0 Å². The van der Waals surface area contributed by atoms with Crippen molar-refractivity contribution in [3.8, 4) is 11.6 Å². The van der Waals surface area contributed by atoms with Crippen molar-refractivity contribution >= 4 is 21.6 Å². The van der Waals surface area contributed by atoms with E-state index < -0.39 is 0 Å². The quantitative estimate of drug-likeness (QED) is 0.681. The molecule has 0 atom stereocenters. The third-order valence-electron chi connectivity index (χ3n) is 5.28. The van der Waals surface area contributed by atoms with E-state index in [1.807, 2.05) is 23.5 Å². The lowest BCUT2D eigenvalue weighted by molar-refractivity contribution is 0.0330. The van der Waals surface area contributed by atoms with Crippen LogP contribution in [0.2, 0.25) is 0 Å². The molecule has 1 aromatic carbocycles. The fourth-order valence-corrected chi connectivity index (χ4v) is 5.10. The van der Waals surface area contributed by atoms with Gasteiger partial charge in [-0.05, 0) is 43.9 Å². The van der Waals surface area contributed by atoms with E-state index in [1.165, 1.54) is 22.4 Å². The Hall–Kier alpha value is -2.02. The summed E-state index contributed by atoms with van der Waals surface area (Å²) in [6, 6.07) is 8.16. The number of aromatic nitrogens is 2. The average Bonchev–Trinajstić information content (AvgIpc) is 3.25. The smallest absolute Gasteiger partial charge is 0.231 e. The molecule has 0 N–H and O–H groups in total. The molecule has 2 aromatic heterocycles. The van der Waals surface area contributed by atoms with Crippen molar-refractivity contribution in [1.82, 2.24) is 14.9 Å². The van der Waals surface area contributed by atoms with E-state index in [0.717, 1.165) is 67.5 Å². The van der Waals surface area contributed by atoms with Gasteiger partial charge in [0.05, 0.1) is 25.1 Å². The van der Waals surface area contributed by atoms with Crippen LogP contribution in [0.25, 0.3) is 10.2 Å². The Balaban J connectivity index is 1.54. The number of hydrogen-bond acceptors (Lipinski definition) is 6. The molecule has 2 aliphatic rings. The molecular formula is C21H23N3O2S. The number of morpholine rings is 1. The lowest BCUT2D eigenvalue weighted by Crippen LogP contribution is -2.36. The number of nitrogens with zero attached hydrogens (tertiary/aromatic N) is 3. The second-order valence-electron chi connectivity index (χ2n) is 7.29. The molecule has 1 fully saturated rings. The van der Waals surface area contributed by atoms with Crippen LogP contribution in [0.1, 0.15) is 28.2 Å². The highest BCUT2D eigenvalue weighted by molar-refractivity contribution is 7.19. The normalized spacial score (nSPS) is 17.4. The largest absolute Gasteiger partial charge is 0.438 e. The minimum atomic E-state index is 0.714. The van der Waals surface area contributed by atoms with Crippen molar-refractivity contribution in [3.63, 3.8) is 0 Å².